The maximum absolute atomic E-state index is 5.58. The Hall–Kier alpha value is -1.10. The molecule has 0 atom stereocenters. The predicted molar refractivity (Wildman–Crippen MR) is 88.6 cm³/mol. The fraction of sp³-hybridized carbons (Fsp3) is 0.667. The van der Waals surface area contributed by atoms with Crippen LogP contribution in [-0.2, 0) is 12.8 Å². The number of nitrogens with zero attached hydrogens (tertiary/aromatic N) is 3. The Balaban J connectivity index is 1.22. The van der Waals surface area contributed by atoms with Crippen molar-refractivity contribution in [1.82, 2.24) is 14.7 Å². The molecule has 0 N–H and O–H groups in total. The van der Waals surface area contributed by atoms with Gasteiger partial charge in [-0.3, -0.25) is 9.80 Å². The summed E-state index contributed by atoms with van der Waals surface area (Å²) >= 11 is 0. The highest BCUT2D eigenvalue weighted by Gasteiger charge is 2.32. The monoisotopic (exact) mass is 301 g/mol. The third kappa shape index (κ3) is 3.00. The molecule has 22 heavy (non-hydrogen) atoms. The molecule has 4 nitrogen and oxygen atoms in total. The molecule has 4 heteroatoms. The van der Waals surface area contributed by atoms with Gasteiger partial charge in [0, 0.05) is 58.3 Å². The van der Waals surface area contributed by atoms with Gasteiger partial charge in [-0.15, -0.1) is 0 Å². The lowest BCUT2D eigenvalue weighted by molar-refractivity contribution is 0.0103. The highest BCUT2D eigenvalue weighted by molar-refractivity contribution is 5.39. The number of piperazine rings is 1. The number of hydrogen-bond acceptors (Lipinski definition) is 4. The van der Waals surface area contributed by atoms with Crippen LogP contribution < -0.4 is 4.74 Å². The first-order valence-corrected chi connectivity index (χ1v) is 8.67. The lowest BCUT2D eigenvalue weighted by Gasteiger charge is -2.48. The van der Waals surface area contributed by atoms with Gasteiger partial charge in [0.2, 0.25) is 0 Å². The third-order valence-corrected chi connectivity index (χ3v) is 5.46. The van der Waals surface area contributed by atoms with Gasteiger partial charge < -0.3 is 9.64 Å². The highest BCUT2D eigenvalue weighted by Crippen LogP contribution is 2.26. The van der Waals surface area contributed by atoms with E-state index in [4.69, 9.17) is 4.74 Å². The lowest BCUT2D eigenvalue weighted by atomic mass is 10.0. The van der Waals surface area contributed by atoms with Gasteiger partial charge in [0.1, 0.15) is 5.75 Å². The van der Waals surface area contributed by atoms with Gasteiger partial charge in [-0.05, 0) is 30.7 Å². The Labute approximate surface area is 133 Å². The van der Waals surface area contributed by atoms with E-state index in [0.29, 0.717) is 0 Å². The average Bonchev–Trinajstić information content (AvgIpc) is 2.95. The molecule has 4 rings (SSSR count). The molecule has 0 aromatic heterocycles. The van der Waals surface area contributed by atoms with Gasteiger partial charge >= 0.3 is 0 Å². The first kappa shape index (κ1) is 14.5. The number of fused-ring (bicyclic) bond motifs is 1. The standard InChI is InChI=1S/C18H27N3O/c1-19-7-9-21(10-8-19)17-13-20(14-17)6-4-15-2-3-18-16(12-15)5-11-22-18/h2-3,12,17H,4-11,13-14H2,1H3. The summed E-state index contributed by atoms with van der Waals surface area (Å²) < 4.78 is 5.58. The molecule has 0 aliphatic carbocycles. The van der Waals surface area contributed by atoms with Gasteiger partial charge in [-0.25, -0.2) is 0 Å². The Morgan fingerprint density at radius 1 is 1.14 bits per heavy atom. The summed E-state index contributed by atoms with van der Waals surface area (Å²) in [4.78, 5) is 7.72. The molecule has 2 saturated heterocycles. The first-order chi connectivity index (χ1) is 10.8. The predicted octanol–water partition coefficient (Wildman–Crippen LogP) is 1.10. The normalized spacial score (nSPS) is 24.0. The summed E-state index contributed by atoms with van der Waals surface area (Å²) in [6.07, 6.45) is 2.25. The molecule has 2 fully saturated rings. The summed E-state index contributed by atoms with van der Waals surface area (Å²) in [7, 11) is 2.23. The van der Waals surface area contributed by atoms with Gasteiger partial charge in [0.15, 0.2) is 0 Å². The van der Waals surface area contributed by atoms with E-state index in [2.05, 4.69) is 39.9 Å². The van der Waals surface area contributed by atoms with Crippen LogP contribution in [0.3, 0.4) is 0 Å². The number of benzene rings is 1. The molecule has 0 spiro atoms. The third-order valence-electron chi connectivity index (χ3n) is 5.46. The van der Waals surface area contributed by atoms with E-state index in [9.17, 15) is 0 Å². The van der Waals surface area contributed by atoms with E-state index >= 15 is 0 Å². The zero-order valence-electron chi connectivity index (χ0n) is 13.6. The summed E-state index contributed by atoms with van der Waals surface area (Å²) in [5.41, 5.74) is 2.86. The molecule has 0 amide bonds. The topological polar surface area (TPSA) is 19.0 Å². The van der Waals surface area contributed by atoms with Crippen molar-refractivity contribution in [1.29, 1.82) is 0 Å². The van der Waals surface area contributed by atoms with Crippen LogP contribution in [0.1, 0.15) is 11.1 Å². The van der Waals surface area contributed by atoms with Crippen LogP contribution in [0, 0.1) is 0 Å². The maximum atomic E-state index is 5.58. The number of likely N-dealkylation sites (N-methyl/N-ethyl adjacent to an activating group) is 1. The Kier molecular flexibility index (Phi) is 4.07. The van der Waals surface area contributed by atoms with E-state index in [1.165, 1.54) is 63.4 Å². The smallest absolute Gasteiger partial charge is 0.122 e. The largest absolute Gasteiger partial charge is 0.493 e. The fourth-order valence-electron chi connectivity index (χ4n) is 3.83. The average molecular weight is 301 g/mol. The molecule has 3 heterocycles. The summed E-state index contributed by atoms with van der Waals surface area (Å²) in [6.45, 7) is 9.54. The van der Waals surface area contributed by atoms with Crippen LogP contribution in [0.5, 0.6) is 5.75 Å². The van der Waals surface area contributed by atoms with Gasteiger partial charge in [0.25, 0.3) is 0 Å². The van der Waals surface area contributed by atoms with E-state index in [1.807, 2.05) is 0 Å². The Morgan fingerprint density at radius 2 is 1.95 bits per heavy atom. The number of likely N-dealkylation sites (tertiary alicyclic amines) is 1. The Bertz CT molecular complexity index is 519. The SMILES string of the molecule is CN1CCN(C2CN(CCc3ccc4c(c3)CCO4)C2)CC1. The number of hydrogen-bond donors (Lipinski definition) is 0. The molecule has 1 aromatic rings. The van der Waals surface area contributed by atoms with Crippen molar-refractivity contribution < 1.29 is 4.74 Å². The molecule has 0 unspecified atom stereocenters. The maximum Gasteiger partial charge on any atom is 0.122 e. The minimum Gasteiger partial charge on any atom is -0.493 e. The van der Waals surface area contributed by atoms with Crippen molar-refractivity contribution >= 4 is 0 Å². The van der Waals surface area contributed by atoms with Crippen molar-refractivity contribution in [3.63, 3.8) is 0 Å². The van der Waals surface area contributed by atoms with Gasteiger partial charge in [-0.2, -0.15) is 0 Å². The van der Waals surface area contributed by atoms with Crippen LogP contribution >= 0.6 is 0 Å². The minimum absolute atomic E-state index is 0.808. The second-order valence-electron chi connectivity index (χ2n) is 7.04. The molecular formula is C18H27N3O. The van der Waals surface area contributed by atoms with Crippen LogP contribution in [0.2, 0.25) is 0 Å². The Morgan fingerprint density at radius 3 is 2.77 bits per heavy atom. The molecule has 120 valence electrons. The second-order valence-corrected chi connectivity index (χ2v) is 7.04. The summed E-state index contributed by atoms with van der Waals surface area (Å²) in [6, 6.07) is 7.55. The fourth-order valence-corrected chi connectivity index (χ4v) is 3.83. The summed E-state index contributed by atoms with van der Waals surface area (Å²) in [5.74, 6) is 1.10. The van der Waals surface area contributed by atoms with Crippen LogP contribution in [0.15, 0.2) is 18.2 Å². The highest BCUT2D eigenvalue weighted by atomic mass is 16.5. The summed E-state index contributed by atoms with van der Waals surface area (Å²) in [5, 5.41) is 0. The van der Waals surface area contributed by atoms with E-state index < -0.39 is 0 Å². The van der Waals surface area contributed by atoms with Crippen molar-refractivity contribution in [2.24, 2.45) is 0 Å². The molecule has 0 bridgehead atoms. The second kappa shape index (κ2) is 6.19. The lowest BCUT2D eigenvalue weighted by Crippen LogP contribution is -2.62. The van der Waals surface area contributed by atoms with Crippen molar-refractivity contribution in [2.45, 2.75) is 18.9 Å². The number of ether oxygens (including phenoxy) is 1. The van der Waals surface area contributed by atoms with Crippen molar-refractivity contribution in [3.8, 4) is 5.75 Å². The number of rotatable bonds is 4. The first-order valence-electron chi connectivity index (χ1n) is 8.67. The minimum atomic E-state index is 0.808. The van der Waals surface area contributed by atoms with Gasteiger partial charge in [0.05, 0.1) is 6.61 Å². The molecule has 0 radical (unpaired) electrons. The van der Waals surface area contributed by atoms with Crippen LogP contribution in [0.4, 0.5) is 0 Å². The molecule has 3 aliphatic rings. The molecule has 3 aliphatic heterocycles. The van der Waals surface area contributed by atoms with Crippen LogP contribution in [-0.4, -0.2) is 80.2 Å². The molecule has 1 aromatic carbocycles. The van der Waals surface area contributed by atoms with Crippen LogP contribution in [0.25, 0.3) is 0 Å². The quantitative estimate of drug-likeness (QED) is 0.829. The van der Waals surface area contributed by atoms with Crippen molar-refractivity contribution in [2.75, 3.05) is 59.5 Å². The van der Waals surface area contributed by atoms with E-state index in [-0.39, 0.29) is 0 Å². The van der Waals surface area contributed by atoms with E-state index in [0.717, 1.165) is 24.8 Å². The molecular weight excluding hydrogens is 274 g/mol. The zero-order valence-corrected chi connectivity index (χ0v) is 13.6. The zero-order chi connectivity index (χ0) is 14.9. The van der Waals surface area contributed by atoms with E-state index in [1.54, 1.807) is 0 Å². The van der Waals surface area contributed by atoms with Gasteiger partial charge in [-0.1, -0.05) is 12.1 Å². The van der Waals surface area contributed by atoms with Crippen molar-refractivity contribution in [3.05, 3.63) is 29.3 Å². The molecule has 0 saturated carbocycles.